The van der Waals surface area contributed by atoms with E-state index < -0.39 is 0 Å². The molecular weight excluding hydrogens is 348 g/mol. The number of rotatable bonds is 4. The van der Waals surface area contributed by atoms with Gasteiger partial charge in [-0.2, -0.15) is 0 Å². The Morgan fingerprint density at radius 2 is 1.95 bits per heavy atom. The molecule has 100 valence electrons. The molecule has 0 saturated heterocycles. The number of thioether (sulfide) groups is 1. The monoisotopic (exact) mass is 358 g/mol. The number of benzene rings is 1. The van der Waals surface area contributed by atoms with Gasteiger partial charge >= 0.3 is 0 Å². The van der Waals surface area contributed by atoms with Gasteiger partial charge in [0.1, 0.15) is 11.6 Å². The first-order chi connectivity index (χ1) is 9.12. The van der Waals surface area contributed by atoms with E-state index in [0.29, 0.717) is 16.0 Å². The molecule has 0 fully saturated rings. The molecule has 0 bridgehead atoms. The van der Waals surface area contributed by atoms with Gasteiger partial charge in [0, 0.05) is 17.6 Å². The van der Waals surface area contributed by atoms with E-state index in [2.05, 4.69) is 36.5 Å². The maximum absolute atomic E-state index is 6.15. The molecular formula is C12H12BrClN4S. The molecule has 7 heteroatoms. The molecule has 0 aliphatic heterocycles. The molecule has 0 aliphatic rings. The second-order valence-electron chi connectivity index (χ2n) is 3.62. The number of anilines is 3. The minimum atomic E-state index is 0.638. The molecule has 0 spiro atoms. The van der Waals surface area contributed by atoms with Crippen LogP contribution < -0.4 is 10.6 Å². The van der Waals surface area contributed by atoms with E-state index in [4.69, 9.17) is 11.6 Å². The molecule has 4 nitrogen and oxygen atoms in total. The summed E-state index contributed by atoms with van der Waals surface area (Å²) in [5.41, 5.74) is 0.795. The summed E-state index contributed by atoms with van der Waals surface area (Å²) in [7, 11) is 1.82. The fraction of sp³-hybridized carbons (Fsp3) is 0.167. The Labute approximate surface area is 129 Å². The highest BCUT2D eigenvalue weighted by molar-refractivity contribution is 9.10. The van der Waals surface area contributed by atoms with Crippen LogP contribution in [0.4, 0.5) is 17.3 Å². The summed E-state index contributed by atoms with van der Waals surface area (Å²) in [5, 5.41) is 7.54. The molecule has 2 rings (SSSR count). The molecule has 0 unspecified atom stereocenters. The third-order valence-corrected chi connectivity index (χ3v) is 3.71. The van der Waals surface area contributed by atoms with Gasteiger partial charge in [-0.3, -0.25) is 0 Å². The maximum Gasteiger partial charge on any atom is 0.191 e. The lowest BCUT2D eigenvalue weighted by Crippen LogP contribution is -2.01. The fourth-order valence-electron chi connectivity index (χ4n) is 1.44. The van der Waals surface area contributed by atoms with E-state index in [1.165, 1.54) is 11.8 Å². The van der Waals surface area contributed by atoms with Crippen molar-refractivity contribution in [1.82, 2.24) is 9.97 Å². The average Bonchev–Trinajstić information content (AvgIpc) is 2.42. The van der Waals surface area contributed by atoms with Crippen LogP contribution >= 0.6 is 39.3 Å². The van der Waals surface area contributed by atoms with E-state index >= 15 is 0 Å². The number of aromatic nitrogens is 2. The van der Waals surface area contributed by atoms with E-state index in [1.807, 2.05) is 37.6 Å². The van der Waals surface area contributed by atoms with E-state index in [9.17, 15) is 0 Å². The smallest absolute Gasteiger partial charge is 0.191 e. The standard InChI is InChI=1S/C12H12BrClN4S/c1-15-10-6-11(18-12(17-10)19-2)16-9-5-7(13)3-4-8(9)14/h3-6H,1-2H3,(H2,15,16,17,18). The summed E-state index contributed by atoms with van der Waals surface area (Å²) in [6, 6.07) is 7.45. The predicted octanol–water partition coefficient (Wildman–Crippen LogP) is 4.40. The van der Waals surface area contributed by atoms with Crippen molar-refractivity contribution in [3.8, 4) is 0 Å². The van der Waals surface area contributed by atoms with Crippen LogP contribution in [0.5, 0.6) is 0 Å². The Morgan fingerprint density at radius 3 is 2.63 bits per heavy atom. The quantitative estimate of drug-likeness (QED) is 0.626. The van der Waals surface area contributed by atoms with Crippen molar-refractivity contribution in [1.29, 1.82) is 0 Å². The first-order valence-corrected chi connectivity index (χ1v) is 7.85. The minimum Gasteiger partial charge on any atom is -0.373 e. The predicted molar refractivity (Wildman–Crippen MR) is 85.8 cm³/mol. The van der Waals surface area contributed by atoms with Crippen LogP contribution in [-0.4, -0.2) is 23.3 Å². The van der Waals surface area contributed by atoms with Crippen molar-refractivity contribution in [3.63, 3.8) is 0 Å². The summed E-state index contributed by atoms with van der Waals surface area (Å²) in [4.78, 5) is 8.70. The summed E-state index contributed by atoms with van der Waals surface area (Å²) >= 11 is 11.0. The fourth-order valence-corrected chi connectivity index (χ4v) is 2.34. The lowest BCUT2D eigenvalue weighted by molar-refractivity contribution is 0.977. The highest BCUT2D eigenvalue weighted by atomic mass is 79.9. The van der Waals surface area contributed by atoms with Gasteiger partial charge in [-0.25, -0.2) is 9.97 Å². The minimum absolute atomic E-state index is 0.638. The largest absolute Gasteiger partial charge is 0.373 e. The lowest BCUT2D eigenvalue weighted by Gasteiger charge is -2.10. The first kappa shape index (κ1) is 14.4. The number of nitrogens with one attached hydrogen (secondary N) is 2. The number of hydrogen-bond donors (Lipinski definition) is 2. The van der Waals surface area contributed by atoms with Gasteiger partial charge in [-0.1, -0.05) is 39.3 Å². The summed E-state index contributed by atoms with van der Waals surface area (Å²) in [6.07, 6.45) is 1.94. The van der Waals surface area contributed by atoms with Gasteiger partial charge in [0.15, 0.2) is 5.16 Å². The van der Waals surface area contributed by atoms with Gasteiger partial charge in [0.2, 0.25) is 0 Å². The highest BCUT2D eigenvalue weighted by Gasteiger charge is 2.06. The van der Waals surface area contributed by atoms with E-state index in [-0.39, 0.29) is 0 Å². The second-order valence-corrected chi connectivity index (χ2v) is 5.72. The van der Waals surface area contributed by atoms with Gasteiger partial charge in [0.05, 0.1) is 10.7 Å². The number of halogens is 2. The van der Waals surface area contributed by atoms with Crippen LogP contribution in [0.25, 0.3) is 0 Å². The van der Waals surface area contributed by atoms with Crippen molar-refractivity contribution in [2.75, 3.05) is 23.9 Å². The summed E-state index contributed by atoms with van der Waals surface area (Å²) in [5.74, 6) is 1.46. The van der Waals surface area contributed by atoms with Crippen LogP contribution in [0.15, 0.2) is 33.9 Å². The maximum atomic E-state index is 6.15. The second kappa shape index (κ2) is 6.45. The Balaban J connectivity index is 2.34. The molecule has 19 heavy (non-hydrogen) atoms. The molecule has 2 aromatic rings. The summed E-state index contributed by atoms with van der Waals surface area (Å²) in [6.45, 7) is 0. The molecule has 0 radical (unpaired) electrons. The van der Waals surface area contributed by atoms with Crippen molar-refractivity contribution >= 4 is 56.6 Å². The molecule has 0 saturated carbocycles. The van der Waals surface area contributed by atoms with Crippen molar-refractivity contribution in [2.24, 2.45) is 0 Å². The zero-order valence-electron chi connectivity index (χ0n) is 10.4. The number of nitrogens with zero attached hydrogens (tertiary/aromatic N) is 2. The zero-order valence-corrected chi connectivity index (χ0v) is 13.5. The Bertz CT molecular complexity index is 572. The lowest BCUT2D eigenvalue weighted by atomic mass is 10.3. The average molecular weight is 360 g/mol. The van der Waals surface area contributed by atoms with Crippen LogP contribution in [0.2, 0.25) is 5.02 Å². The van der Waals surface area contributed by atoms with Gasteiger partial charge < -0.3 is 10.6 Å². The Kier molecular flexibility index (Phi) is 4.90. The SMILES string of the molecule is CNc1cc(Nc2cc(Br)ccc2Cl)nc(SC)n1. The molecule has 0 amide bonds. The van der Waals surface area contributed by atoms with Gasteiger partial charge in [-0.05, 0) is 24.5 Å². The van der Waals surface area contributed by atoms with Crippen molar-refractivity contribution in [2.45, 2.75) is 5.16 Å². The Morgan fingerprint density at radius 1 is 1.21 bits per heavy atom. The first-order valence-electron chi connectivity index (χ1n) is 5.45. The zero-order chi connectivity index (χ0) is 13.8. The molecule has 0 atom stereocenters. The van der Waals surface area contributed by atoms with Crippen LogP contribution in [0.1, 0.15) is 0 Å². The normalized spacial score (nSPS) is 10.3. The topological polar surface area (TPSA) is 49.8 Å². The van der Waals surface area contributed by atoms with E-state index in [1.54, 1.807) is 0 Å². The highest BCUT2D eigenvalue weighted by Crippen LogP contribution is 2.29. The number of hydrogen-bond acceptors (Lipinski definition) is 5. The van der Waals surface area contributed by atoms with Crippen LogP contribution in [0.3, 0.4) is 0 Å². The summed E-state index contributed by atoms with van der Waals surface area (Å²) < 4.78 is 0.951. The molecule has 1 aromatic carbocycles. The van der Waals surface area contributed by atoms with Crippen molar-refractivity contribution < 1.29 is 0 Å². The molecule has 2 N–H and O–H groups in total. The van der Waals surface area contributed by atoms with Gasteiger partial charge in [0.25, 0.3) is 0 Å². The third-order valence-electron chi connectivity index (χ3n) is 2.34. The molecule has 1 aromatic heterocycles. The molecule has 0 aliphatic carbocycles. The van der Waals surface area contributed by atoms with Crippen molar-refractivity contribution in [3.05, 3.63) is 33.8 Å². The molecule has 1 heterocycles. The van der Waals surface area contributed by atoms with E-state index in [0.717, 1.165) is 16.0 Å². The van der Waals surface area contributed by atoms with Crippen LogP contribution in [0, 0.1) is 0 Å². The Hall–Kier alpha value is -0.980. The van der Waals surface area contributed by atoms with Gasteiger partial charge in [-0.15, -0.1) is 0 Å². The third kappa shape index (κ3) is 3.75. The van der Waals surface area contributed by atoms with Crippen LogP contribution in [-0.2, 0) is 0 Å².